The van der Waals surface area contributed by atoms with Gasteiger partial charge in [0.2, 0.25) is 0 Å². The minimum atomic E-state index is -0.517. The Balaban J connectivity index is 2.01. The second-order valence-electron chi connectivity index (χ2n) is 7.96. The number of amides is 1. The molecule has 1 fully saturated rings. The highest BCUT2D eigenvalue weighted by atomic mass is 16.6. The molecule has 0 aromatic heterocycles. The first-order chi connectivity index (χ1) is 12.2. The van der Waals surface area contributed by atoms with Crippen molar-refractivity contribution in [2.45, 2.75) is 38.8 Å². The van der Waals surface area contributed by atoms with Gasteiger partial charge in [-0.1, -0.05) is 12.1 Å². The van der Waals surface area contributed by atoms with Crippen molar-refractivity contribution in [1.29, 1.82) is 5.26 Å². The molecule has 1 amide bonds. The molecular weight excluding hydrogens is 328 g/mol. The van der Waals surface area contributed by atoms with E-state index in [2.05, 4.69) is 28.2 Å². The highest BCUT2D eigenvalue weighted by Crippen LogP contribution is 2.11. The molecule has 0 spiro atoms. The molecule has 6 nitrogen and oxygen atoms in total. The fourth-order valence-electron chi connectivity index (χ4n) is 2.98. The lowest BCUT2D eigenvalue weighted by Crippen LogP contribution is -2.51. The van der Waals surface area contributed by atoms with E-state index in [0.717, 1.165) is 38.3 Å². The van der Waals surface area contributed by atoms with Crippen LogP contribution in [0.1, 0.15) is 31.9 Å². The third-order valence-electron chi connectivity index (χ3n) is 4.36. The molecule has 1 aromatic rings. The average molecular weight is 358 g/mol. The van der Waals surface area contributed by atoms with Crippen molar-refractivity contribution in [1.82, 2.24) is 15.1 Å². The van der Waals surface area contributed by atoms with E-state index in [4.69, 9.17) is 10.00 Å². The lowest BCUT2D eigenvalue weighted by molar-refractivity contribution is 0.0482. The van der Waals surface area contributed by atoms with Crippen molar-refractivity contribution in [3.8, 4) is 6.07 Å². The maximum absolute atomic E-state index is 12.3. The molecule has 6 heteroatoms. The van der Waals surface area contributed by atoms with Crippen LogP contribution in [-0.4, -0.2) is 67.3 Å². The van der Waals surface area contributed by atoms with E-state index >= 15 is 0 Å². The highest BCUT2D eigenvalue weighted by molar-refractivity contribution is 5.68. The van der Waals surface area contributed by atoms with Gasteiger partial charge in [-0.05, 0) is 51.9 Å². The minimum absolute atomic E-state index is 0.0406. The Morgan fingerprint density at radius 3 is 2.38 bits per heavy atom. The van der Waals surface area contributed by atoms with E-state index in [0.29, 0.717) is 12.0 Å². The zero-order valence-corrected chi connectivity index (χ0v) is 16.3. The number of carbonyl (C=O) groups is 1. The van der Waals surface area contributed by atoms with Gasteiger partial charge in [-0.2, -0.15) is 5.26 Å². The molecular formula is C20H30N4O2. The molecule has 1 heterocycles. The van der Waals surface area contributed by atoms with Crippen LogP contribution in [0.4, 0.5) is 4.79 Å². The number of alkyl carbamates (subject to hydrolysis) is 1. The Bertz CT molecular complexity index is 623. The molecule has 0 unspecified atom stereocenters. The second kappa shape index (κ2) is 9.02. The van der Waals surface area contributed by atoms with Crippen molar-refractivity contribution >= 4 is 6.09 Å². The number of ether oxygens (including phenoxy) is 1. The summed E-state index contributed by atoms with van der Waals surface area (Å²) in [4.78, 5) is 16.9. The lowest BCUT2D eigenvalue weighted by atomic mass is 10.0. The van der Waals surface area contributed by atoms with Crippen molar-refractivity contribution in [3.05, 3.63) is 35.4 Å². The maximum atomic E-state index is 12.3. The number of nitrogens with one attached hydrogen (secondary N) is 1. The first-order valence-corrected chi connectivity index (χ1v) is 9.14. The molecule has 1 aliphatic heterocycles. The van der Waals surface area contributed by atoms with Crippen molar-refractivity contribution in [3.63, 3.8) is 0 Å². The topological polar surface area (TPSA) is 68.6 Å². The van der Waals surface area contributed by atoms with Crippen LogP contribution in [0.3, 0.4) is 0 Å². The molecule has 1 N–H and O–H groups in total. The third-order valence-corrected chi connectivity index (χ3v) is 4.36. The van der Waals surface area contributed by atoms with E-state index < -0.39 is 5.60 Å². The van der Waals surface area contributed by atoms with Gasteiger partial charge < -0.3 is 15.0 Å². The Kier molecular flexibility index (Phi) is 7.01. The van der Waals surface area contributed by atoms with Gasteiger partial charge in [0.15, 0.2) is 0 Å². The molecule has 0 bridgehead atoms. The summed E-state index contributed by atoms with van der Waals surface area (Å²) in [5, 5.41) is 12.0. The second-order valence-corrected chi connectivity index (χ2v) is 7.96. The number of hydrogen-bond donors (Lipinski definition) is 1. The normalized spacial score (nSPS) is 17.3. The van der Waals surface area contributed by atoms with Gasteiger partial charge in [-0.15, -0.1) is 0 Å². The predicted molar refractivity (Wildman–Crippen MR) is 102 cm³/mol. The van der Waals surface area contributed by atoms with E-state index in [-0.39, 0.29) is 12.1 Å². The summed E-state index contributed by atoms with van der Waals surface area (Å²) in [6, 6.07) is 9.62. The van der Waals surface area contributed by atoms with Gasteiger partial charge in [0.05, 0.1) is 11.6 Å². The Morgan fingerprint density at radius 1 is 1.23 bits per heavy atom. The van der Waals surface area contributed by atoms with Crippen molar-refractivity contribution in [2.24, 2.45) is 0 Å². The largest absolute Gasteiger partial charge is 0.444 e. The van der Waals surface area contributed by atoms with Crippen molar-refractivity contribution in [2.75, 3.05) is 39.8 Å². The third kappa shape index (κ3) is 7.03. The van der Waals surface area contributed by atoms with Crippen LogP contribution in [0.15, 0.2) is 24.3 Å². The number of nitrogens with zero attached hydrogens (tertiary/aromatic N) is 3. The van der Waals surface area contributed by atoms with Crippen LogP contribution in [0.5, 0.6) is 0 Å². The number of likely N-dealkylation sites (N-methyl/N-ethyl adjacent to an activating group) is 1. The first-order valence-electron chi connectivity index (χ1n) is 9.14. The minimum Gasteiger partial charge on any atom is -0.444 e. The Labute approximate surface area is 156 Å². The zero-order valence-electron chi connectivity index (χ0n) is 16.3. The van der Waals surface area contributed by atoms with Crippen LogP contribution in [0, 0.1) is 11.3 Å². The van der Waals surface area contributed by atoms with E-state index in [1.54, 1.807) is 0 Å². The standard InChI is InChI=1S/C20H30N4O2/c1-20(2,3)26-19(25)22-18(15-24-11-9-23(4)10-12-24)13-16-5-7-17(14-21)8-6-16/h5-8,18H,9-13,15H2,1-4H3,(H,22,25)/t18-/m1/s1. The number of hydrogen-bond acceptors (Lipinski definition) is 5. The van der Waals surface area contributed by atoms with Crippen LogP contribution < -0.4 is 5.32 Å². The zero-order chi connectivity index (χ0) is 19.2. The maximum Gasteiger partial charge on any atom is 0.407 e. The SMILES string of the molecule is CN1CCN(C[C@@H](Cc2ccc(C#N)cc2)NC(=O)OC(C)(C)C)CC1. The van der Waals surface area contributed by atoms with E-state index in [9.17, 15) is 4.79 Å². The average Bonchev–Trinajstić information content (AvgIpc) is 2.56. The summed E-state index contributed by atoms with van der Waals surface area (Å²) in [6.07, 6.45) is 0.322. The van der Waals surface area contributed by atoms with Crippen LogP contribution >= 0.6 is 0 Å². The molecule has 1 aromatic carbocycles. The summed E-state index contributed by atoms with van der Waals surface area (Å²) >= 11 is 0. The van der Waals surface area contributed by atoms with Gasteiger partial charge in [0.1, 0.15) is 5.60 Å². The lowest BCUT2D eigenvalue weighted by Gasteiger charge is -2.35. The fourth-order valence-corrected chi connectivity index (χ4v) is 2.98. The predicted octanol–water partition coefficient (Wildman–Crippen LogP) is 2.24. The monoisotopic (exact) mass is 358 g/mol. The van der Waals surface area contributed by atoms with E-state index in [1.165, 1.54) is 0 Å². The molecule has 1 atom stereocenters. The Hall–Kier alpha value is -2.10. The first kappa shape index (κ1) is 20.2. The van der Waals surface area contributed by atoms with Gasteiger partial charge in [0.25, 0.3) is 0 Å². The van der Waals surface area contributed by atoms with Gasteiger partial charge in [0, 0.05) is 38.8 Å². The molecule has 26 heavy (non-hydrogen) atoms. The molecule has 2 rings (SSSR count). The number of benzene rings is 1. The van der Waals surface area contributed by atoms with Crippen LogP contribution in [0.25, 0.3) is 0 Å². The fraction of sp³-hybridized carbons (Fsp3) is 0.600. The summed E-state index contributed by atoms with van der Waals surface area (Å²) < 4.78 is 5.43. The smallest absolute Gasteiger partial charge is 0.407 e. The van der Waals surface area contributed by atoms with Gasteiger partial charge in [-0.25, -0.2) is 4.79 Å². The number of rotatable bonds is 5. The molecule has 142 valence electrons. The van der Waals surface area contributed by atoms with Gasteiger partial charge in [-0.3, -0.25) is 4.90 Å². The number of piperazine rings is 1. The molecule has 0 radical (unpaired) electrons. The van der Waals surface area contributed by atoms with Crippen LogP contribution in [0.2, 0.25) is 0 Å². The summed E-state index contributed by atoms with van der Waals surface area (Å²) in [5.41, 5.74) is 1.22. The molecule has 0 saturated carbocycles. The number of carbonyl (C=O) groups excluding carboxylic acids is 1. The molecule has 1 saturated heterocycles. The highest BCUT2D eigenvalue weighted by Gasteiger charge is 2.23. The summed E-state index contributed by atoms with van der Waals surface area (Å²) in [5.74, 6) is 0. The molecule has 0 aliphatic carbocycles. The summed E-state index contributed by atoms with van der Waals surface area (Å²) in [7, 11) is 2.13. The Morgan fingerprint density at radius 2 is 1.85 bits per heavy atom. The van der Waals surface area contributed by atoms with Gasteiger partial charge >= 0.3 is 6.09 Å². The van der Waals surface area contributed by atoms with E-state index in [1.807, 2.05) is 45.0 Å². The quantitative estimate of drug-likeness (QED) is 0.874. The molecule has 1 aliphatic rings. The van der Waals surface area contributed by atoms with Crippen LogP contribution in [-0.2, 0) is 11.2 Å². The van der Waals surface area contributed by atoms with Crippen molar-refractivity contribution < 1.29 is 9.53 Å². The summed E-state index contributed by atoms with van der Waals surface area (Å²) in [6.45, 7) is 10.4. The number of nitriles is 1.